The highest BCUT2D eigenvalue weighted by Crippen LogP contribution is 2.24. The van der Waals surface area contributed by atoms with E-state index < -0.39 is 0 Å². The number of nitrogens with one attached hydrogen (secondary N) is 1. The lowest BCUT2D eigenvalue weighted by Crippen LogP contribution is -2.66. The van der Waals surface area contributed by atoms with E-state index in [-0.39, 0.29) is 17.5 Å². The summed E-state index contributed by atoms with van der Waals surface area (Å²) in [6.07, 6.45) is 5.48. The minimum absolute atomic E-state index is 0.147. The van der Waals surface area contributed by atoms with Crippen LogP contribution in [0.25, 0.3) is 0 Å². The fourth-order valence-electron chi connectivity index (χ4n) is 3.36. The molecular formula is C16H28N6O. The first kappa shape index (κ1) is 17.3. The van der Waals surface area contributed by atoms with Crippen LogP contribution in [0, 0.1) is 0 Å². The van der Waals surface area contributed by atoms with Gasteiger partial charge < -0.3 is 19.7 Å². The van der Waals surface area contributed by atoms with Crippen LogP contribution >= 0.6 is 0 Å². The summed E-state index contributed by atoms with van der Waals surface area (Å²) >= 11 is 0. The minimum Gasteiger partial charge on any atom is -0.354 e. The lowest BCUT2D eigenvalue weighted by molar-refractivity contribution is -0.145. The molecule has 0 bridgehead atoms. The summed E-state index contributed by atoms with van der Waals surface area (Å²) < 4.78 is 2.01. The second-order valence-electron chi connectivity index (χ2n) is 6.80. The van der Waals surface area contributed by atoms with Gasteiger partial charge in [0.05, 0.1) is 18.4 Å². The zero-order valence-electron chi connectivity index (χ0n) is 14.8. The quantitative estimate of drug-likeness (QED) is 0.658. The molecular weight excluding hydrogens is 292 g/mol. The van der Waals surface area contributed by atoms with E-state index in [9.17, 15) is 4.79 Å². The third-order valence-electron chi connectivity index (χ3n) is 4.06. The Bertz CT molecular complexity index is 549. The fourth-order valence-corrected chi connectivity index (χ4v) is 3.36. The van der Waals surface area contributed by atoms with Crippen molar-refractivity contribution in [1.29, 1.82) is 0 Å². The Morgan fingerprint density at radius 1 is 1.48 bits per heavy atom. The first-order chi connectivity index (χ1) is 10.8. The number of hydrogen-bond donors (Lipinski definition) is 1. The van der Waals surface area contributed by atoms with Crippen LogP contribution in [0.5, 0.6) is 0 Å². The summed E-state index contributed by atoms with van der Waals surface area (Å²) in [5, 5.41) is 3.34. The van der Waals surface area contributed by atoms with Crippen LogP contribution in [0.15, 0.2) is 23.7 Å². The van der Waals surface area contributed by atoms with Gasteiger partial charge in [0, 0.05) is 45.1 Å². The Balaban J connectivity index is 1.98. The molecule has 128 valence electrons. The van der Waals surface area contributed by atoms with Gasteiger partial charge in [-0.1, -0.05) is 0 Å². The van der Waals surface area contributed by atoms with Crippen molar-refractivity contribution in [3.63, 3.8) is 0 Å². The summed E-state index contributed by atoms with van der Waals surface area (Å²) in [4.78, 5) is 24.9. The fraction of sp³-hybridized carbons (Fsp3) is 0.688. The Kier molecular flexibility index (Phi) is 5.28. The molecule has 23 heavy (non-hydrogen) atoms. The summed E-state index contributed by atoms with van der Waals surface area (Å²) in [5.41, 5.74) is -0.217. The van der Waals surface area contributed by atoms with Crippen LogP contribution < -0.4 is 5.32 Å². The third-order valence-corrected chi connectivity index (χ3v) is 4.06. The average Bonchev–Trinajstić information content (AvgIpc) is 2.94. The monoisotopic (exact) mass is 320 g/mol. The maximum Gasteiger partial charge on any atom is 0.242 e. The maximum atomic E-state index is 12.5. The molecule has 1 aliphatic rings. The Morgan fingerprint density at radius 3 is 2.74 bits per heavy atom. The van der Waals surface area contributed by atoms with Gasteiger partial charge in [-0.05, 0) is 27.7 Å². The van der Waals surface area contributed by atoms with Gasteiger partial charge in [0.15, 0.2) is 5.96 Å². The first-order valence-electron chi connectivity index (χ1n) is 8.08. The van der Waals surface area contributed by atoms with Gasteiger partial charge >= 0.3 is 0 Å². The number of guanidine groups is 1. The van der Waals surface area contributed by atoms with E-state index in [1.807, 2.05) is 20.6 Å². The van der Waals surface area contributed by atoms with E-state index in [1.165, 1.54) is 0 Å². The molecule has 0 spiro atoms. The van der Waals surface area contributed by atoms with Crippen molar-refractivity contribution < 1.29 is 4.79 Å². The van der Waals surface area contributed by atoms with Crippen molar-refractivity contribution in [2.75, 3.05) is 26.7 Å². The molecule has 1 aromatic heterocycles. The molecule has 0 aliphatic carbocycles. The van der Waals surface area contributed by atoms with E-state index in [1.54, 1.807) is 19.6 Å². The molecule has 1 fully saturated rings. The number of rotatable bonds is 4. The first-order valence-corrected chi connectivity index (χ1v) is 8.08. The summed E-state index contributed by atoms with van der Waals surface area (Å²) in [7, 11) is 1.76. The van der Waals surface area contributed by atoms with Gasteiger partial charge in [0.1, 0.15) is 0 Å². The molecule has 1 saturated heterocycles. The van der Waals surface area contributed by atoms with Gasteiger partial charge in [-0.3, -0.25) is 9.79 Å². The highest BCUT2D eigenvalue weighted by Gasteiger charge is 2.40. The normalized spacial score (nSPS) is 18.7. The smallest absolute Gasteiger partial charge is 0.242 e. The van der Waals surface area contributed by atoms with Crippen LogP contribution in [-0.2, 0) is 11.3 Å². The Hall–Kier alpha value is -2.05. The van der Waals surface area contributed by atoms with Crippen LogP contribution in [0.4, 0.5) is 0 Å². The van der Waals surface area contributed by atoms with E-state index in [0.29, 0.717) is 6.54 Å². The van der Waals surface area contributed by atoms with Crippen molar-refractivity contribution in [3.8, 4) is 0 Å². The molecule has 1 N–H and O–H groups in total. The molecule has 0 saturated carbocycles. The topological polar surface area (TPSA) is 65.8 Å². The Labute approximate surface area is 138 Å². The number of aromatic nitrogens is 2. The maximum absolute atomic E-state index is 12.5. The minimum atomic E-state index is -0.217. The van der Waals surface area contributed by atoms with Crippen molar-refractivity contribution in [2.24, 2.45) is 4.99 Å². The number of amides is 1. The molecule has 7 nitrogen and oxygen atoms in total. The number of carbonyl (C=O) groups excluding carboxylic acids is 1. The number of carbonyl (C=O) groups is 1. The molecule has 1 amide bonds. The summed E-state index contributed by atoms with van der Waals surface area (Å²) in [5.74, 6) is 0.920. The van der Waals surface area contributed by atoms with Crippen LogP contribution in [-0.4, -0.2) is 69.5 Å². The molecule has 0 radical (unpaired) electrons. The zero-order chi connectivity index (χ0) is 17.0. The lowest BCUT2D eigenvalue weighted by Gasteiger charge is -2.49. The van der Waals surface area contributed by atoms with E-state index in [2.05, 4.69) is 43.0 Å². The number of nitrogens with zero attached hydrogens (tertiary/aromatic N) is 5. The molecule has 1 aliphatic heterocycles. The van der Waals surface area contributed by atoms with Crippen molar-refractivity contribution in [2.45, 2.75) is 45.8 Å². The number of imidazole rings is 1. The largest absolute Gasteiger partial charge is 0.354 e. The highest BCUT2D eigenvalue weighted by atomic mass is 16.2. The molecule has 0 unspecified atom stereocenters. The van der Waals surface area contributed by atoms with Crippen LogP contribution in [0.2, 0.25) is 0 Å². The van der Waals surface area contributed by atoms with Crippen LogP contribution in [0.1, 0.15) is 27.7 Å². The highest BCUT2D eigenvalue weighted by molar-refractivity contribution is 5.88. The van der Waals surface area contributed by atoms with Crippen molar-refractivity contribution >= 4 is 11.9 Å². The number of piperazine rings is 1. The van der Waals surface area contributed by atoms with Gasteiger partial charge in [0.2, 0.25) is 5.91 Å². The lowest BCUT2D eigenvalue weighted by atomic mass is 9.96. The van der Waals surface area contributed by atoms with Gasteiger partial charge in [-0.15, -0.1) is 0 Å². The number of aliphatic imine (C=N–C) groups is 1. The van der Waals surface area contributed by atoms with Crippen LogP contribution in [0.3, 0.4) is 0 Å². The van der Waals surface area contributed by atoms with Gasteiger partial charge in [-0.25, -0.2) is 4.98 Å². The zero-order valence-corrected chi connectivity index (χ0v) is 14.8. The molecule has 1 aromatic rings. The van der Waals surface area contributed by atoms with E-state index in [0.717, 1.165) is 25.6 Å². The molecule has 0 aromatic carbocycles. The Morgan fingerprint density at radius 2 is 2.22 bits per heavy atom. The van der Waals surface area contributed by atoms with Crippen molar-refractivity contribution in [1.82, 2.24) is 24.7 Å². The second kappa shape index (κ2) is 7.02. The molecule has 2 rings (SSSR count). The predicted octanol–water partition coefficient (Wildman–Crippen LogP) is 0.790. The van der Waals surface area contributed by atoms with Crippen molar-refractivity contribution in [3.05, 3.63) is 18.7 Å². The SMILES string of the molecule is CN=C(NCCn1ccnc1)N1CC(=O)N(C(C)C)C(C)(C)C1. The molecule has 0 atom stereocenters. The average molecular weight is 320 g/mol. The molecule has 2 heterocycles. The van der Waals surface area contributed by atoms with Gasteiger partial charge in [-0.2, -0.15) is 0 Å². The molecule has 7 heteroatoms. The predicted molar refractivity (Wildman–Crippen MR) is 91.2 cm³/mol. The summed E-state index contributed by atoms with van der Waals surface area (Å²) in [6.45, 7) is 11.0. The van der Waals surface area contributed by atoms with E-state index >= 15 is 0 Å². The van der Waals surface area contributed by atoms with Gasteiger partial charge in [0.25, 0.3) is 0 Å². The summed E-state index contributed by atoms with van der Waals surface area (Å²) in [6, 6.07) is 0.205. The standard InChI is InChI=1S/C16H28N6O/c1-13(2)22-14(23)10-21(11-16(22,3)4)15(17-5)19-7-9-20-8-6-18-12-20/h6,8,12-13H,7,9-11H2,1-5H3,(H,17,19). The third kappa shape index (κ3) is 4.03. The number of hydrogen-bond acceptors (Lipinski definition) is 3. The second-order valence-corrected chi connectivity index (χ2v) is 6.80. The van der Waals surface area contributed by atoms with E-state index in [4.69, 9.17) is 0 Å².